The van der Waals surface area contributed by atoms with Crippen molar-refractivity contribution in [2.75, 3.05) is 6.61 Å². The van der Waals surface area contributed by atoms with Crippen molar-refractivity contribution in [3.05, 3.63) is 70.3 Å². The minimum atomic E-state index is -0.819. The van der Waals surface area contributed by atoms with Crippen molar-refractivity contribution in [3.63, 3.8) is 0 Å². The van der Waals surface area contributed by atoms with E-state index in [0.717, 1.165) is 4.68 Å². The number of hydrogen-bond donors (Lipinski definition) is 0. The second-order valence-corrected chi connectivity index (χ2v) is 5.12. The zero-order chi connectivity index (χ0) is 18.7. The molecule has 9 heteroatoms. The van der Waals surface area contributed by atoms with Gasteiger partial charge in [-0.05, 0) is 25.1 Å². The second kappa shape index (κ2) is 7.09. The van der Waals surface area contributed by atoms with Gasteiger partial charge in [-0.15, -0.1) is 5.10 Å². The normalized spacial score (nSPS) is 10.5. The lowest BCUT2D eigenvalue weighted by Gasteiger charge is -2.05. The number of para-hydroxylation sites is 2. The Morgan fingerprint density at radius 2 is 1.92 bits per heavy atom. The van der Waals surface area contributed by atoms with Gasteiger partial charge in [0.2, 0.25) is 5.82 Å². The number of esters is 1. The molecule has 0 radical (unpaired) electrons. The van der Waals surface area contributed by atoms with Crippen LogP contribution in [0.2, 0.25) is 0 Å². The molecule has 0 aliphatic heterocycles. The molecule has 1 aromatic heterocycles. The molecule has 3 aromatic rings. The smallest absolute Gasteiger partial charge is 0.376 e. The molecule has 0 aliphatic carbocycles. The van der Waals surface area contributed by atoms with Gasteiger partial charge in [0.05, 0.1) is 17.1 Å². The summed E-state index contributed by atoms with van der Waals surface area (Å²) >= 11 is 0. The van der Waals surface area contributed by atoms with Gasteiger partial charge in [-0.3, -0.25) is 10.1 Å². The van der Waals surface area contributed by atoms with Crippen molar-refractivity contribution in [3.8, 4) is 17.1 Å². The Labute approximate surface area is 147 Å². The van der Waals surface area contributed by atoms with Crippen LogP contribution in [0.1, 0.15) is 17.5 Å². The van der Waals surface area contributed by atoms with Crippen molar-refractivity contribution < 1.29 is 18.8 Å². The maximum absolute atomic E-state index is 14.1. The maximum atomic E-state index is 14.1. The minimum absolute atomic E-state index is 0.0237. The summed E-state index contributed by atoms with van der Waals surface area (Å²) < 4.78 is 20.0. The molecule has 0 atom stereocenters. The van der Waals surface area contributed by atoms with Crippen LogP contribution in [0.3, 0.4) is 0 Å². The Balaban J connectivity index is 2.23. The van der Waals surface area contributed by atoms with Crippen molar-refractivity contribution in [2.24, 2.45) is 0 Å². The summed E-state index contributed by atoms with van der Waals surface area (Å²) in [5.41, 5.74) is -0.186. The molecule has 132 valence electrons. The fourth-order valence-electron chi connectivity index (χ4n) is 2.36. The Kier molecular flexibility index (Phi) is 4.70. The summed E-state index contributed by atoms with van der Waals surface area (Å²) in [6, 6.07) is 11.5. The Hall–Kier alpha value is -3.62. The minimum Gasteiger partial charge on any atom is -0.460 e. The molecule has 0 bridgehead atoms. The quantitative estimate of drug-likeness (QED) is 0.395. The third-order valence-corrected chi connectivity index (χ3v) is 3.49. The SMILES string of the molecule is CCOC(=O)c1nc(-c2ccccc2F)nn1-c1ccccc1[N+](=O)[O-]. The van der Waals surface area contributed by atoms with Crippen molar-refractivity contribution in [1.82, 2.24) is 14.8 Å². The Morgan fingerprint density at radius 3 is 2.62 bits per heavy atom. The number of rotatable bonds is 5. The summed E-state index contributed by atoms with van der Waals surface area (Å²) in [5, 5.41) is 15.4. The highest BCUT2D eigenvalue weighted by molar-refractivity contribution is 5.87. The Morgan fingerprint density at radius 1 is 1.23 bits per heavy atom. The molecule has 1 heterocycles. The zero-order valence-electron chi connectivity index (χ0n) is 13.6. The van der Waals surface area contributed by atoms with E-state index in [1.807, 2.05) is 0 Å². The van der Waals surface area contributed by atoms with Gasteiger partial charge in [0.25, 0.3) is 5.69 Å². The van der Waals surface area contributed by atoms with E-state index in [1.54, 1.807) is 19.1 Å². The van der Waals surface area contributed by atoms with Crippen LogP contribution in [0.5, 0.6) is 0 Å². The molecule has 0 unspecified atom stereocenters. The highest BCUT2D eigenvalue weighted by Gasteiger charge is 2.26. The topological polar surface area (TPSA) is 100 Å². The van der Waals surface area contributed by atoms with Gasteiger partial charge >= 0.3 is 5.97 Å². The van der Waals surface area contributed by atoms with Crippen LogP contribution >= 0.6 is 0 Å². The summed E-state index contributed by atoms with van der Waals surface area (Å²) in [5.74, 6) is -1.76. The van der Waals surface area contributed by atoms with Gasteiger partial charge in [-0.1, -0.05) is 24.3 Å². The first-order valence-corrected chi connectivity index (χ1v) is 7.65. The van der Waals surface area contributed by atoms with Gasteiger partial charge in [0.1, 0.15) is 11.5 Å². The molecule has 8 nitrogen and oxygen atoms in total. The number of nitro benzene ring substituents is 1. The van der Waals surface area contributed by atoms with Crippen molar-refractivity contribution in [2.45, 2.75) is 6.92 Å². The first-order chi connectivity index (χ1) is 12.5. The molecule has 2 aromatic carbocycles. The predicted molar refractivity (Wildman–Crippen MR) is 89.4 cm³/mol. The van der Waals surface area contributed by atoms with Crippen LogP contribution in [0.4, 0.5) is 10.1 Å². The number of aromatic nitrogens is 3. The van der Waals surface area contributed by atoms with E-state index in [4.69, 9.17) is 4.74 Å². The number of hydrogen-bond acceptors (Lipinski definition) is 6. The average molecular weight is 356 g/mol. The maximum Gasteiger partial charge on any atom is 0.376 e. The first kappa shape index (κ1) is 17.2. The third-order valence-electron chi connectivity index (χ3n) is 3.49. The molecular weight excluding hydrogens is 343 g/mol. The van der Waals surface area contributed by atoms with E-state index in [1.165, 1.54) is 36.4 Å². The summed E-state index contributed by atoms with van der Waals surface area (Å²) in [6.45, 7) is 1.69. The lowest BCUT2D eigenvalue weighted by molar-refractivity contribution is -0.384. The predicted octanol–water partition coefficient (Wildman–Crippen LogP) is 3.16. The van der Waals surface area contributed by atoms with Crippen LogP contribution in [0.15, 0.2) is 48.5 Å². The molecule has 26 heavy (non-hydrogen) atoms. The molecule has 0 saturated carbocycles. The fourth-order valence-corrected chi connectivity index (χ4v) is 2.36. The molecular formula is C17H13FN4O4. The van der Waals surface area contributed by atoms with Crippen LogP contribution in [0, 0.1) is 15.9 Å². The van der Waals surface area contributed by atoms with E-state index < -0.39 is 16.7 Å². The lowest BCUT2D eigenvalue weighted by Crippen LogP contribution is -2.14. The highest BCUT2D eigenvalue weighted by atomic mass is 19.1. The van der Waals surface area contributed by atoms with Crippen molar-refractivity contribution >= 4 is 11.7 Å². The lowest BCUT2D eigenvalue weighted by atomic mass is 10.2. The standard InChI is InChI=1S/C17H13FN4O4/c1-2-26-17(23)16-19-15(11-7-3-4-8-12(11)18)20-21(16)13-9-5-6-10-14(13)22(24)25/h3-10H,2H2,1H3. The highest BCUT2D eigenvalue weighted by Crippen LogP contribution is 2.26. The number of nitrogens with zero attached hydrogens (tertiary/aromatic N) is 4. The molecule has 0 amide bonds. The first-order valence-electron chi connectivity index (χ1n) is 7.65. The fraction of sp³-hybridized carbons (Fsp3) is 0.118. The summed E-state index contributed by atoms with van der Waals surface area (Å²) in [7, 11) is 0. The number of carbonyl (C=O) groups is 1. The largest absolute Gasteiger partial charge is 0.460 e. The summed E-state index contributed by atoms with van der Waals surface area (Å²) in [6.07, 6.45) is 0. The van der Waals surface area contributed by atoms with Crippen molar-refractivity contribution in [1.29, 1.82) is 0 Å². The molecule has 0 N–H and O–H groups in total. The molecule has 0 saturated heterocycles. The van der Waals surface area contributed by atoms with E-state index in [9.17, 15) is 19.3 Å². The number of carbonyl (C=O) groups excluding carboxylic acids is 1. The van der Waals surface area contributed by atoms with E-state index in [0.29, 0.717) is 0 Å². The number of ether oxygens (including phenoxy) is 1. The van der Waals surface area contributed by atoms with Gasteiger partial charge in [0, 0.05) is 6.07 Å². The van der Waals surface area contributed by atoms with E-state index in [-0.39, 0.29) is 35.2 Å². The van der Waals surface area contributed by atoms with Gasteiger partial charge < -0.3 is 4.74 Å². The second-order valence-electron chi connectivity index (χ2n) is 5.12. The van der Waals surface area contributed by atoms with Crippen LogP contribution in [0.25, 0.3) is 17.1 Å². The van der Waals surface area contributed by atoms with Crippen LogP contribution < -0.4 is 0 Å². The zero-order valence-corrected chi connectivity index (χ0v) is 13.6. The third kappa shape index (κ3) is 3.14. The van der Waals surface area contributed by atoms with E-state index in [2.05, 4.69) is 10.1 Å². The van der Waals surface area contributed by atoms with Crippen LogP contribution in [-0.2, 0) is 4.74 Å². The summed E-state index contributed by atoms with van der Waals surface area (Å²) in [4.78, 5) is 27.0. The van der Waals surface area contributed by atoms with E-state index >= 15 is 0 Å². The van der Waals surface area contributed by atoms with Gasteiger partial charge in [0.15, 0.2) is 5.82 Å². The molecule has 0 spiro atoms. The Bertz CT molecular complexity index is 986. The monoisotopic (exact) mass is 356 g/mol. The number of halogens is 1. The van der Waals surface area contributed by atoms with Gasteiger partial charge in [-0.2, -0.15) is 4.68 Å². The van der Waals surface area contributed by atoms with Gasteiger partial charge in [-0.25, -0.2) is 14.2 Å². The van der Waals surface area contributed by atoms with Crippen LogP contribution in [-0.4, -0.2) is 32.3 Å². The molecule has 0 fully saturated rings. The molecule has 0 aliphatic rings. The number of benzene rings is 2. The number of nitro groups is 1. The molecule has 3 rings (SSSR count). The average Bonchev–Trinajstić information content (AvgIpc) is 3.07.